The summed E-state index contributed by atoms with van der Waals surface area (Å²) in [5.41, 5.74) is 4.51. The first kappa shape index (κ1) is 22.9. The molecule has 1 aliphatic carbocycles. The molecular weight excluding hydrogens is 438 g/mol. The second kappa shape index (κ2) is 11.5. The van der Waals surface area contributed by atoms with Gasteiger partial charge in [0.05, 0.1) is 16.9 Å². The van der Waals surface area contributed by atoms with Crippen molar-refractivity contribution in [2.75, 3.05) is 10.0 Å². The standard InChI is InChI=1S/C25H30ClN5S/c1-2-19-14-21(31-32-24-11-7-6-10-22(24)26)17-27-23(19)13-12-18-15-28-25(29-16-18)30-20-8-4-3-5-9-20/h6-7,10-11,14-17,20,31H,2-5,8-9,12-13H2,1H3,(H,28,29,30). The fourth-order valence-corrected chi connectivity index (χ4v) is 4.92. The molecule has 0 unspecified atom stereocenters. The summed E-state index contributed by atoms with van der Waals surface area (Å²) in [4.78, 5) is 14.8. The summed E-state index contributed by atoms with van der Waals surface area (Å²) in [5.74, 6) is 0.750. The zero-order valence-electron chi connectivity index (χ0n) is 18.5. The van der Waals surface area contributed by atoms with Gasteiger partial charge in [0.15, 0.2) is 0 Å². The third-order valence-corrected chi connectivity index (χ3v) is 7.21. The highest BCUT2D eigenvalue weighted by Crippen LogP contribution is 2.28. The molecule has 0 radical (unpaired) electrons. The number of hydrogen-bond donors (Lipinski definition) is 2. The van der Waals surface area contributed by atoms with Gasteiger partial charge in [-0.15, -0.1) is 0 Å². The van der Waals surface area contributed by atoms with Crippen LogP contribution in [0.1, 0.15) is 55.8 Å². The molecule has 2 N–H and O–H groups in total. The number of anilines is 2. The maximum absolute atomic E-state index is 6.24. The monoisotopic (exact) mass is 467 g/mol. The van der Waals surface area contributed by atoms with Crippen LogP contribution in [0.25, 0.3) is 0 Å². The topological polar surface area (TPSA) is 62.7 Å². The Bertz CT molecular complexity index is 1010. The molecular formula is C25H30ClN5S. The lowest BCUT2D eigenvalue weighted by Gasteiger charge is -2.22. The lowest BCUT2D eigenvalue weighted by Crippen LogP contribution is -2.23. The average molecular weight is 468 g/mol. The van der Waals surface area contributed by atoms with Crippen LogP contribution < -0.4 is 10.0 Å². The number of benzene rings is 1. The molecule has 0 amide bonds. The van der Waals surface area contributed by atoms with E-state index in [1.165, 1.54) is 49.6 Å². The minimum atomic E-state index is 0.522. The van der Waals surface area contributed by atoms with Gasteiger partial charge in [0.1, 0.15) is 0 Å². The lowest BCUT2D eigenvalue weighted by atomic mass is 9.96. The van der Waals surface area contributed by atoms with E-state index in [2.05, 4.69) is 33.0 Å². The van der Waals surface area contributed by atoms with Gasteiger partial charge in [0.25, 0.3) is 0 Å². The van der Waals surface area contributed by atoms with Crippen LogP contribution in [0.5, 0.6) is 0 Å². The highest BCUT2D eigenvalue weighted by atomic mass is 35.5. The molecule has 32 heavy (non-hydrogen) atoms. The molecule has 0 spiro atoms. The number of rotatable bonds is 9. The molecule has 1 aliphatic rings. The summed E-state index contributed by atoms with van der Waals surface area (Å²) < 4.78 is 3.36. The molecule has 1 aromatic carbocycles. The second-order valence-electron chi connectivity index (χ2n) is 8.21. The van der Waals surface area contributed by atoms with Crippen LogP contribution in [0, 0.1) is 0 Å². The van der Waals surface area contributed by atoms with Gasteiger partial charge in [0.2, 0.25) is 5.95 Å². The van der Waals surface area contributed by atoms with Crippen molar-refractivity contribution in [3.8, 4) is 0 Å². The summed E-state index contributed by atoms with van der Waals surface area (Å²) in [6, 6.07) is 10.5. The van der Waals surface area contributed by atoms with Crippen molar-refractivity contribution in [2.45, 2.75) is 69.2 Å². The first-order chi connectivity index (χ1) is 15.7. The zero-order valence-corrected chi connectivity index (χ0v) is 20.1. The Morgan fingerprint density at radius 2 is 1.78 bits per heavy atom. The molecule has 1 fully saturated rings. The van der Waals surface area contributed by atoms with Crippen molar-refractivity contribution in [1.29, 1.82) is 0 Å². The van der Waals surface area contributed by atoms with Crippen LogP contribution in [0.3, 0.4) is 0 Å². The van der Waals surface area contributed by atoms with E-state index in [-0.39, 0.29) is 0 Å². The van der Waals surface area contributed by atoms with E-state index in [4.69, 9.17) is 16.6 Å². The maximum Gasteiger partial charge on any atom is 0.222 e. The number of aromatic nitrogens is 3. The summed E-state index contributed by atoms with van der Waals surface area (Å²) >= 11 is 7.75. The van der Waals surface area contributed by atoms with Gasteiger partial charge < -0.3 is 10.0 Å². The molecule has 5 nitrogen and oxygen atoms in total. The van der Waals surface area contributed by atoms with E-state index in [9.17, 15) is 0 Å². The molecule has 0 bridgehead atoms. The number of hydrogen-bond acceptors (Lipinski definition) is 6. The first-order valence-electron chi connectivity index (χ1n) is 11.4. The summed E-state index contributed by atoms with van der Waals surface area (Å²) in [6.45, 7) is 2.17. The highest BCUT2D eigenvalue weighted by Gasteiger charge is 2.14. The Kier molecular flexibility index (Phi) is 8.24. The van der Waals surface area contributed by atoms with E-state index in [0.717, 1.165) is 52.1 Å². The number of nitrogens with zero attached hydrogens (tertiary/aromatic N) is 3. The fourth-order valence-electron chi connectivity index (χ4n) is 4.02. The van der Waals surface area contributed by atoms with Crippen LogP contribution >= 0.6 is 23.5 Å². The summed E-state index contributed by atoms with van der Waals surface area (Å²) in [7, 11) is 0. The van der Waals surface area contributed by atoms with E-state index < -0.39 is 0 Å². The van der Waals surface area contributed by atoms with E-state index in [1.54, 1.807) is 0 Å². The van der Waals surface area contributed by atoms with Crippen molar-refractivity contribution in [3.05, 3.63) is 70.8 Å². The average Bonchev–Trinajstić information content (AvgIpc) is 2.84. The van der Waals surface area contributed by atoms with E-state index in [0.29, 0.717) is 6.04 Å². The first-order valence-corrected chi connectivity index (χ1v) is 12.6. The van der Waals surface area contributed by atoms with Crippen LogP contribution in [0.4, 0.5) is 11.6 Å². The van der Waals surface area contributed by atoms with Crippen molar-refractivity contribution in [3.63, 3.8) is 0 Å². The Morgan fingerprint density at radius 3 is 2.53 bits per heavy atom. The Morgan fingerprint density at radius 1 is 1.00 bits per heavy atom. The lowest BCUT2D eigenvalue weighted by molar-refractivity contribution is 0.461. The van der Waals surface area contributed by atoms with Crippen molar-refractivity contribution >= 4 is 35.2 Å². The number of aryl methyl sites for hydroxylation is 3. The molecule has 3 aromatic rings. The van der Waals surface area contributed by atoms with Crippen LogP contribution in [0.2, 0.25) is 5.02 Å². The third kappa shape index (κ3) is 6.36. The quantitative estimate of drug-likeness (QED) is 0.340. The van der Waals surface area contributed by atoms with Gasteiger partial charge in [-0.3, -0.25) is 4.98 Å². The number of nitrogens with one attached hydrogen (secondary N) is 2. The minimum absolute atomic E-state index is 0.522. The predicted octanol–water partition coefficient (Wildman–Crippen LogP) is 6.74. The summed E-state index contributed by atoms with van der Waals surface area (Å²) in [5, 5.41) is 4.22. The Hall–Kier alpha value is -2.31. The zero-order chi connectivity index (χ0) is 22.2. The van der Waals surface area contributed by atoms with Crippen LogP contribution in [0.15, 0.2) is 53.8 Å². The molecule has 168 valence electrons. The molecule has 0 atom stereocenters. The van der Waals surface area contributed by atoms with Gasteiger partial charge in [-0.1, -0.05) is 49.9 Å². The van der Waals surface area contributed by atoms with Gasteiger partial charge in [-0.25, -0.2) is 9.97 Å². The van der Waals surface area contributed by atoms with E-state index in [1.807, 2.05) is 42.9 Å². The van der Waals surface area contributed by atoms with Crippen LogP contribution in [-0.2, 0) is 19.3 Å². The van der Waals surface area contributed by atoms with Crippen LogP contribution in [-0.4, -0.2) is 21.0 Å². The highest BCUT2D eigenvalue weighted by molar-refractivity contribution is 8.00. The largest absolute Gasteiger partial charge is 0.351 e. The molecule has 7 heteroatoms. The Balaban J connectivity index is 1.32. The normalized spacial score (nSPS) is 14.3. The molecule has 1 saturated carbocycles. The molecule has 4 rings (SSSR count). The van der Waals surface area contributed by atoms with Gasteiger partial charge in [0, 0.05) is 29.0 Å². The molecule has 0 aliphatic heterocycles. The molecule has 2 heterocycles. The summed E-state index contributed by atoms with van der Waals surface area (Å²) in [6.07, 6.45) is 14.9. The van der Waals surface area contributed by atoms with Crippen molar-refractivity contribution in [1.82, 2.24) is 15.0 Å². The molecule has 2 aromatic heterocycles. The van der Waals surface area contributed by atoms with E-state index >= 15 is 0 Å². The van der Waals surface area contributed by atoms with Crippen molar-refractivity contribution < 1.29 is 0 Å². The minimum Gasteiger partial charge on any atom is -0.351 e. The third-order valence-electron chi connectivity index (χ3n) is 5.85. The Labute approximate surface area is 200 Å². The fraction of sp³-hybridized carbons (Fsp3) is 0.400. The van der Waals surface area contributed by atoms with Gasteiger partial charge in [-0.05, 0) is 73.4 Å². The predicted molar refractivity (Wildman–Crippen MR) is 134 cm³/mol. The number of pyridine rings is 1. The maximum atomic E-state index is 6.24. The van der Waals surface area contributed by atoms with Gasteiger partial charge in [-0.2, -0.15) is 0 Å². The number of halogens is 1. The van der Waals surface area contributed by atoms with Crippen molar-refractivity contribution in [2.24, 2.45) is 0 Å². The molecule has 0 saturated heterocycles. The van der Waals surface area contributed by atoms with Gasteiger partial charge >= 0.3 is 0 Å². The second-order valence-corrected chi connectivity index (χ2v) is 9.47. The smallest absolute Gasteiger partial charge is 0.222 e. The SMILES string of the molecule is CCc1cc(NSc2ccccc2Cl)cnc1CCc1cnc(NC2CCCCC2)nc1.